The number of nitrogens with zero attached hydrogens (tertiary/aromatic N) is 1. The highest BCUT2D eigenvalue weighted by Gasteiger charge is 2.20. The summed E-state index contributed by atoms with van der Waals surface area (Å²) in [5, 5.41) is 0. The van der Waals surface area contributed by atoms with Crippen LogP contribution < -0.4 is 0 Å². The molecule has 1 radical (unpaired) electrons. The molecule has 0 bridgehead atoms. The van der Waals surface area contributed by atoms with Crippen LogP contribution in [0.3, 0.4) is 0 Å². The van der Waals surface area contributed by atoms with Gasteiger partial charge < -0.3 is 9.64 Å². The first-order valence-corrected chi connectivity index (χ1v) is 9.29. The fraction of sp³-hybridized carbons (Fsp3) is 0.700. The molecule has 0 aliphatic carbocycles. The molecule has 1 aromatic carbocycles. The number of piperidine rings is 1. The van der Waals surface area contributed by atoms with Crippen LogP contribution >= 0.6 is 0 Å². The predicted molar refractivity (Wildman–Crippen MR) is 101 cm³/mol. The van der Waals surface area contributed by atoms with Gasteiger partial charge >= 0.3 is 0 Å². The van der Waals surface area contributed by atoms with E-state index in [4.69, 9.17) is 4.74 Å². The molecule has 127 valence electrons. The minimum Gasteiger partial charge on any atom is -0.380 e. The van der Waals surface area contributed by atoms with E-state index in [2.05, 4.69) is 64.0 Å². The van der Waals surface area contributed by atoms with E-state index < -0.39 is 0 Å². The second kappa shape index (κ2) is 9.49. The summed E-state index contributed by atoms with van der Waals surface area (Å²) in [6.07, 6.45) is 2.55. The van der Waals surface area contributed by atoms with Crippen molar-refractivity contribution in [2.75, 3.05) is 32.8 Å². The van der Waals surface area contributed by atoms with Gasteiger partial charge in [0.05, 0.1) is 6.61 Å². The van der Waals surface area contributed by atoms with Crippen molar-refractivity contribution in [3.05, 3.63) is 35.4 Å². The SMILES string of the molecule is C[B]C(C)c1ccc(C2CCN(CCOCC(C)C)CC2)cc1. The normalized spacial score (nSPS) is 18.3. The molecule has 1 atom stereocenters. The van der Waals surface area contributed by atoms with Crippen LogP contribution in [0.25, 0.3) is 0 Å². The largest absolute Gasteiger partial charge is 0.380 e. The van der Waals surface area contributed by atoms with E-state index in [0.29, 0.717) is 11.7 Å². The Labute approximate surface area is 143 Å². The third kappa shape index (κ3) is 5.97. The standard InChI is InChI=1S/C20H33BNO/c1-16(2)15-23-14-13-22-11-9-20(10-12-22)19-7-5-18(6-8-19)17(3)21-4/h5-8,16-17,20H,9-15H2,1-4H3. The van der Waals surface area contributed by atoms with E-state index in [1.807, 2.05) is 0 Å². The Balaban J connectivity index is 1.73. The summed E-state index contributed by atoms with van der Waals surface area (Å²) in [5.74, 6) is 1.92. The molecule has 1 aliphatic heterocycles. The molecule has 3 heteroatoms. The van der Waals surface area contributed by atoms with Crippen LogP contribution in [0.2, 0.25) is 6.82 Å². The van der Waals surface area contributed by atoms with E-state index in [-0.39, 0.29) is 0 Å². The van der Waals surface area contributed by atoms with Gasteiger partial charge in [-0.05, 0) is 49.1 Å². The quantitative estimate of drug-likeness (QED) is 0.522. The van der Waals surface area contributed by atoms with Gasteiger partial charge in [-0.25, -0.2) is 0 Å². The molecule has 1 saturated heterocycles. The Morgan fingerprint density at radius 3 is 2.35 bits per heavy atom. The monoisotopic (exact) mass is 314 g/mol. The maximum Gasteiger partial charge on any atom is 0.115 e. The maximum atomic E-state index is 5.71. The first-order valence-electron chi connectivity index (χ1n) is 9.29. The Morgan fingerprint density at radius 1 is 1.13 bits per heavy atom. The van der Waals surface area contributed by atoms with Crippen LogP contribution in [-0.4, -0.2) is 45.0 Å². The lowest BCUT2D eigenvalue weighted by Crippen LogP contribution is -2.35. The molecule has 1 fully saturated rings. The summed E-state index contributed by atoms with van der Waals surface area (Å²) in [6.45, 7) is 14.1. The Morgan fingerprint density at radius 2 is 1.78 bits per heavy atom. The number of rotatable bonds is 8. The highest BCUT2D eigenvalue weighted by molar-refractivity contribution is 6.35. The summed E-state index contributed by atoms with van der Waals surface area (Å²) in [4.78, 5) is 2.55. The highest BCUT2D eigenvalue weighted by Crippen LogP contribution is 2.29. The van der Waals surface area contributed by atoms with Crippen LogP contribution in [0.4, 0.5) is 0 Å². The molecular weight excluding hydrogens is 281 g/mol. The molecule has 2 nitrogen and oxygen atoms in total. The summed E-state index contributed by atoms with van der Waals surface area (Å²) in [6, 6.07) is 9.32. The number of benzene rings is 1. The van der Waals surface area contributed by atoms with Gasteiger partial charge in [0.2, 0.25) is 0 Å². The molecule has 1 heterocycles. The van der Waals surface area contributed by atoms with E-state index in [1.165, 1.54) is 37.1 Å². The zero-order chi connectivity index (χ0) is 16.7. The van der Waals surface area contributed by atoms with Gasteiger partial charge in [-0.2, -0.15) is 0 Å². The molecule has 0 saturated carbocycles. The zero-order valence-electron chi connectivity index (χ0n) is 15.4. The Hall–Kier alpha value is -0.795. The topological polar surface area (TPSA) is 12.5 Å². The Kier molecular flexibility index (Phi) is 7.65. The first kappa shape index (κ1) is 18.5. The van der Waals surface area contributed by atoms with Crippen molar-refractivity contribution in [2.24, 2.45) is 5.92 Å². The smallest absolute Gasteiger partial charge is 0.115 e. The van der Waals surface area contributed by atoms with Crippen molar-refractivity contribution in [3.63, 3.8) is 0 Å². The average molecular weight is 314 g/mol. The van der Waals surface area contributed by atoms with Crippen molar-refractivity contribution in [1.29, 1.82) is 0 Å². The minimum atomic E-state index is 0.553. The summed E-state index contributed by atoms with van der Waals surface area (Å²) >= 11 is 0. The molecule has 1 aliphatic rings. The van der Waals surface area contributed by atoms with Crippen LogP contribution in [0.15, 0.2) is 24.3 Å². The van der Waals surface area contributed by atoms with E-state index in [0.717, 1.165) is 25.7 Å². The fourth-order valence-corrected chi connectivity index (χ4v) is 3.27. The molecule has 0 aromatic heterocycles. The summed E-state index contributed by atoms with van der Waals surface area (Å²) in [7, 11) is 2.26. The molecule has 0 spiro atoms. The van der Waals surface area contributed by atoms with Gasteiger partial charge in [-0.1, -0.05) is 57.4 Å². The van der Waals surface area contributed by atoms with Crippen LogP contribution in [0.5, 0.6) is 0 Å². The van der Waals surface area contributed by atoms with Gasteiger partial charge in [0.25, 0.3) is 0 Å². The average Bonchev–Trinajstić information content (AvgIpc) is 2.58. The second-order valence-corrected chi connectivity index (χ2v) is 7.37. The fourth-order valence-electron chi connectivity index (χ4n) is 3.27. The van der Waals surface area contributed by atoms with Gasteiger partial charge in [0.15, 0.2) is 0 Å². The Bertz CT molecular complexity index is 437. The minimum absolute atomic E-state index is 0.553. The number of hydrogen-bond donors (Lipinski definition) is 0. The van der Waals surface area contributed by atoms with Gasteiger partial charge in [-0.3, -0.25) is 0 Å². The molecular formula is C20H33BNO. The zero-order valence-corrected chi connectivity index (χ0v) is 15.4. The third-order valence-corrected chi connectivity index (χ3v) is 5.02. The third-order valence-electron chi connectivity index (χ3n) is 5.02. The van der Waals surface area contributed by atoms with E-state index in [9.17, 15) is 0 Å². The molecule has 1 unspecified atom stereocenters. The molecule has 0 N–H and O–H groups in total. The maximum absolute atomic E-state index is 5.71. The van der Waals surface area contributed by atoms with Crippen molar-refractivity contribution in [2.45, 2.75) is 52.2 Å². The summed E-state index contributed by atoms with van der Waals surface area (Å²) < 4.78 is 5.71. The van der Waals surface area contributed by atoms with Crippen molar-refractivity contribution in [3.8, 4) is 0 Å². The van der Waals surface area contributed by atoms with Gasteiger partial charge in [0, 0.05) is 13.2 Å². The lowest BCUT2D eigenvalue weighted by Gasteiger charge is -2.32. The van der Waals surface area contributed by atoms with Gasteiger partial charge in [0.1, 0.15) is 7.28 Å². The number of likely N-dealkylation sites (tertiary alicyclic amines) is 1. The van der Waals surface area contributed by atoms with E-state index in [1.54, 1.807) is 0 Å². The molecule has 2 rings (SSSR count). The van der Waals surface area contributed by atoms with Crippen molar-refractivity contribution < 1.29 is 4.74 Å². The van der Waals surface area contributed by atoms with Crippen molar-refractivity contribution >= 4 is 7.28 Å². The second-order valence-electron chi connectivity index (χ2n) is 7.37. The molecule has 1 aromatic rings. The predicted octanol–water partition coefficient (Wildman–Crippen LogP) is 4.35. The lowest BCUT2D eigenvalue weighted by atomic mass is 9.65. The van der Waals surface area contributed by atoms with Crippen molar-refractivity contribution in [1.82, 2.24) is 4.90 Å². The molecule has 0 amide bonds. The van der Waals surface area contributed by atoms with Crippen LogP contribution in [-0.2, 0) is 4.74 Å². The van der Waals surface area contributed by atoms with Crippen LogP contribution in [0.1, 0.15) is 56.5 Å². The van der Waals surface area contributed by atoms with Gasteiger partial charge in [-0.15, -0.1) is 0 Å². The summed E-state index contributed by atoms with van der Waals surface area (Å²) in [5.41, 5.74) is 2.95. The lowest BCUT2D eigenvalue weighted by molar-refractivity contribution is 0.0780. The number of ether oxygens (including phenoxy) is 1. The highest BCUT2D eigenvalue weighted by atomic mass is 16.5. The molecule has 23 heavy (non-hydrogen) atoms. The van der Waals surface area contributed by atoms with E-state index >= 15 is 0 Å². The number of hydrogen-bond acceptors (Lipinski definition) is 2. The van der Waals surface area contributed by atoms with Crippen LogP contribution in [0, 0.1) is 5.92 Å². The first-order chi connectivity index (χ1) is 11.1.